The summed E-state index contributed by atoms with van der Waals surface area (Å²) in [4.78, 5) is 0. The molecule has 0 bridgehead atoms. The van der Waals surface area contributed by atoms with E-state index in [4.69, 9.17) is 0 Å². The Morgan fingerprint density at radius 3 is 2.04 bits per heavy atom. The Balaban J connectivity index is 1.17. The molecule has 1 aliphatic rings. The molecule has 8 aromatic rings. The molecule has 2 nitrogen and oxygen atoms in total. The molecule has 6 aromatic carbocycles. The summed E-state index contributed by atoms with van der Waals surface area (Å²) >= 11 is 0. The molecule has 0 fully saturated rings. The van der Waals surface area contributed by atoms with Gasteiger partial charge in [0.25, 0.3) is 0 Å². The Bertz CT molecular complexity index is 2540. The molecular weight excluding hydrogens is 605 g/mol. The summed E-state index contributed by atoms with van der Waals surface area (Å²) in [7, 11) is 0. The van der Waals surface area contributed by atoms with Crippen molar-refractivity contribution in [2.24, 2.45) is 0 Å². The van der Waals surface area contributed by atoms with Gasteiger partial charge in [0.1, 0.15) is 0 Å². The van der Waals surface area contributed by atoms with Gasteiger partial charge >= 0.3 is 0 Å². The summed E-state index contributed by atoms with van der Waals surface area (Å²) < 4.78 is 4.93. The molecule has 0 saturated heterocycles. The molecular formula is C48H40N2. The van der Waals surface area contributed by atoms with E-state index in [0.29, 0.717) is 0 Å². The van der Waals surface area contributed by atoms with Gasteiger partial charge in [0, 0.05) is 38.8 Å². The molecule has 2 aromatic heterocycles. The smallest absolute Gasteiger partial charge is 0.0543 e. The number of hydrogen-bond donors (Lipinski definition) is 0. The minimum atomic E-state index is 0.946. The second-order valence-corrected chi connectivity index (χ2v) is 13.5. The van der Waals surface area contributed by atoms with Gasteiger partial charge < -0.3 is 9.13 Å². The van der Waals surface area contributed by atoms with Crippen molar-refractivity contribution in [3.63, 3.8) is 0 Å². The van der Waals surface area contributed by atoms with Crippen molar-refractivity contribution in [3.8, 4) is 22.5 Å². The van der Waals surface area contributed by atoms with Crippen LogP contribution in [-0.4, -0.2) is 9.13 Å². The van der Waals surface area contributed by atoms with E-state index < -0.39 is 0 Å². The maximum Gasteiger partial charge on any atom is 0.0543 e. The lowest BCUT2D eigenvalue weighted by Gasteiger charge is -2.18. The number of rotatable bonds is 8. The van der Waals surface area contributed by atoms with E-state index in [2.05, 4.69) is 180 Å². The minimum absolute atomic E-state index is 0.946. The predicted octanol–water partition coefficient (Wildman–Crippen LogP) is 12.8. The highest BCUT2D eigenvalue weighted by Gasteiger charge is 2.22. The van der Waals surface area contributed by atoms with E-state index >= 15 is 0 Å². The van der Waals surface area contributed by atoms with Crippen LogP contribution >= 0.6 is 0 Å². The number of aromatic nitrogens is 2. The van der Waals surface area contributed by atoms with Crippen LogP contribution in [0.2, 0.25) is 0 Å². The molecule has 0 aliphatic heterocycles. The summed E-state index contributed by atoms with van der Waals surface area (Å²) in [5.74, 6) is 0. The largest absolute Gasteiger partial charge is 0.313 e. The molecule has 2 heterocycles. The zero-order valence-electron chi connectivity index (χ0n) is 28.5. The summed E-state index contributed by atoms with van der Waals surface area (Å²) in [6, 6.07) is 53.6. The lowest BCUT2D eigenvalue weighted by Crippen LogP contribution is -2.05. The molecule has 0 unspecified atom stereocenters. The Kier molecular flexibility index (Phi) is 7.78. The predicted molar refractivity (Wildman–Crippen MR) is 213 cm³/mol. The topological polar surface area (TPSA) is 9.86 Å². The van der Waals surface area contributed by atoms with Gasteiger partial charge in [0.2, 0.25) is 0 Å². The molecule has 242 valence electrons. The SMILES string of the molecule is CCC/C=C\Cc1ccc2c3cc(C4=Cc5c(n(-c6ccccc6)c6ccccc56)CC4)ccc3n(-c3ccc(-c4ccccc4)cc3)c2c1. The quantitative estimate of drug-likeness (QED) is 0.146. The third-order valence-electron chi connectivity index (χ3n) is 10.4. The molecule has 2 heteroatoms. The Hall–Kier alpha value is -5.86. The van der Waals surface area contributed by atoms with Gasteiger partial charge in [0.05, 0.1) is 16.6 Å². The van der Waals surface area contributed by atoms with Gasteiger partial charge in [-0.25, -0.2) is 0 Å². The minimum Gasteiger partial charge on any atom is -0.313 e. The van der Waals surface area contributed by atoms with Crippen molar-refractivity contribution in [3.05, 3.63) is 180 Å². The highest BCUT2D eigenvalue weighted by atomic mass is 15.0. The second kappa shape index (κ2) is 12.9. The standard InChI is InChI=1S/C48H40N2/c1-2-3-4-7-14-34-21-28-42-44-33-38(25-30-47(44)50(48(42)31-34)40-26-22-36(23-27-40)35-15-8-5-9-16-35)37-24-29-46-43(32-37)41-19-12-13-20-45(41)49(46)39-17-10-6-11-18-39/h4-13,15-23,25-28,30-33H,2-3,14,24,29H2,1H3/b7-4-. The fourth-order valence-corrected chi connectivity index (χ4v) is 7.93. The van der Waals surface area contributed by atoms with Crippen molar-refractivity contribution in [1.29, 1.82) is 0 Å². The number of unbranched alkanes of at least 4 members (excludes halogenated alkanes) is 1. The average Bonchev–Trinajstić information content (AvgIpc) is 3.69. The molecule has 0 saturated carbocycles. The molecule has 1 aliphatic carbocycles. The maximum absolute atomic E-state index is 2.47. The van der Waals surface area contributed by atoms with Gasteiger partial charge in [-0.3, -0.25) is 0 Å². The van der Waals surface area contributed by atoms with Crippen LogP contribution < -0.4 is 0 Å². The van der Waals surface area contributed by atoms with Crippen LogP contribution in [-0.2, 0) is 12.8 Å². The molecule has 0 N–H and O–H groups in total. The molecule has 0 spiro atoms. The van der Waals surface area contributed by atoms with E-state index in [1.54, 1.807) is 0 Å². The molecule has 50 heavy (non-hydrogen) atoms. The lowest BCUT2D eigenvalue weighted by atomic mass is 9.90. The van der Waals surface area contributed by atoms with Gasteiger partial charge in [-0.1, -0.05) is 123 Å². The first kappa shape index (κ1) is 30.2. The normalized spacial score (nSPS) is 13.0. The summed E-state index contributed by atoms with van der Waals surface area (Å²) in [6.45, 7) is 2.23. The highest BCUT2D eigenvalue weighted by Crippen LogP contribution is 2.41. The fraction of sp³-hybridized carbons (Fsp3) is 0.125. The Morgan fingerprint density at radius 2 is 1.22 bits per heavy atom. The van der Waals surface area contributed by atoms with Crippen molar-refractivity contribution in [2.75, 3.05) is 0 Å². The van der Waals surface area contributed by atoms with Crippen LogP contribution in [0.4, 0.5) is 0 Å². The fourth-order valence-electron chi connectivity index (χ4n) is 7.93. The third-order valence-corrected chi connectivity index (χ3v) is 10.4. The van der Waals surface area contributed by atoms with Gasteiger partial charge in [-0.2, -0.15) is 0 Å². The molecule has 0 radical (unpaired) electrons. The van der Waals surface area contributed by atoms with Crippen LogP contribution in [0.1, 0.15) is 48.6 Å². The van der Waals surface area contributed by atoms with Crippen LogP contribution in [0, 0.1) is 0 Å². The highest BCUT2D eigenvalue weighted by molar-refractivity contribution is 6.11. The molecule has 9 rings (SSSR count). The number of nitrogens with zero attached hydrogens (tertiary/aromatic N) is 2. The van der Waals surface area contributed by atoms with Crippen molar-refractivity contribution in [2.45, 2.75) is 39.0 Å². The van der Waals surface area contributed by atoms with Gasteiger partial charge in [-0.05, 0) is 108 Å². The van der Waals surface area contributed by atoms with E-state index in [0.717, 1.165) is 25.7 Å². The summed E-state index contributed by atoms with van der Waals surface area (Å²) in [6.07, 6.45) is 12.4. The van der Waals surface area contributed by atoms with E-state index in [-0.39, 0.29) is 0 Å². The van der Waals surface area contributed by atoms with Gasteiger partial charge in [0.15, 0.2) is 0 Å². The Morgan fingerprint density at radius 1 is 0.520 bits per heavy atom. The first-order valence-corrected chi connectivity index (χ1v) is 18.0. The van der Waals surface area contributed by atoms with Crippen molar-refractivity contribution >= 4 is 44.4 Å². The molecule has 0 atom stereocenters. The van der Waals surface area contributed by atoms with Crippen molar-refractivity contribution in [1.82, 2.24) is 9.13 Å². The van der Waals surface area contributed by atoms with Crippen LogP contribution in [0.15, 0.2) is 158 Å². The average molecular weight is 645 g/mol. The van der Waals surface area contributed by atoms with Crippen LogP contribution in [0.3, 0.4) is 0 Å². The zero-order valence-corrected chi connectivity index (χ0v) is 28.5. The second-order valence-electron chi connectivity index (χ2n) is 13.5. The number of benzene rings is 6. The molecule has 0 amide bonds. The third kappa shape index (κ3) is 5.29. The monoisotopic (exact) mass is 644 g/mol. The number of hydrogen-bond acceptors (Lipinski definition) is 0. The van der Waals surface area contributed by atoms with Crippen LogP contribution in [0.25, 0.3) is 66.9 Å². The number of fused-ring (bicyclic) bond motifs is 6. The number of allylic oxidation sites excluding steroid dienone is 3. The van der Waals surface area contributed by atoms with E-state index in [9.17, 15) is 0 Å². The first-order valence-electron chi connectivity index (χ1n) is 18.0. The van der Waals surface area contributed by atoms with Crippen LogP contribution in [0.5, 0.6) is 0 Å². The first-order chi connectivity index (χ1) is 24.8. The van der Waals surface area contributed by atoms with Gasteiger partial charge in [-0.15, -0.1) is 0 Å². The Labute approximate surface area is 294 Å². The number of para-hydroxylation sites is 2. The van der Waals surface area contributed by atoms with E-state index in [1.807, 2.05) is 0 Å². The van der Waals surface area contributed by atoms with E-state index in [1.165, 1.54) is 89.6 Å². The summed E-state index contributed by atoms with van der Waals surface area (Å²) in [5, 5.41) is 3.92. The summed E-state index contributed by atoms with van der Waals surface area (Å²) in [5.41, 5.74) is 15.5. The lowest BCUT2D eigenvalue weighted by molar-refractivity contribution is 0.898. The maximum atomic E-state index is 2.47. The zero-order chi connectivity index (χ0) is 33.4. The van der Waals surface area contributed by atoms with Crippen molar-refractivity contribution < 1.29 is 0 Å².